The van der Waals surface area contributed by atoms with Crippen molar-refractivity contribution in [2.75, 3.05) is 0 Å². The summed E-state index contributed by atoms with van der Waals surface area (Å²) in [4.78, 5) is 12.2. The number of carbonyl (C=O) groups is 1. The van der Waals surface area contributed by atoms with Gasteiger partial charge < -0.3 is 10.1 Å². The predicted octanol–water partition coefficient (Wildman–Crippen LogP) is 4.25. The summed E-state index contributed by atoms with van der Waals surface area (Å²) < 4.78 is 5.34. The van der Waals surface area contributed by atoms with Crippen molar-refractivity contribution in [1.82, 2.24) is 5.32 Å². The van der Waals surface area contributed by atoms with Gasteiger partial charge in [-0.15, -0.1) is 0 Å². The Hall–Kier alpha value is -2.79. The standard InChI is InChI=1S/C19H23N3O2/c1-5-15(11-14(12-20)13-21)17(16-9-7-6-8-10-16)22-18(23)24-19(2,3)4/h6-11,15,17H,5H2,1-4H3,(H,22,23)/t15-,17+/m0/s1. The van der Waals surface area contributed by atoms with Crippen LogP contribution >= 0.6 is 0 Å². The first-order valence-electron chi connectivity index (χ1n) is 7.87. The number of nitrogens with one attached hydrogen (secondary N) is 1. The topological polar surface area (TPSA) is 85.9 Å². The zero-order valence-electron chi connectivity index (χ0n) is 14.5. The molecule has 2 atom stereocenters. The number of rotatable bonds is 5. The number of allylic oxidation sites excluding steroid dienone is 1. The highest BCUT2D eigenvalue weighted by Crippen LogP contribution is 2.27. The summed E-state index contributed by atoms with van der Waals surface area (Å²) in [6, 6.07) is 12.8. The van der Waals surface area contributed by atoms with Crippen molar-refractivity contribution in [3.8, 4) is 12.1 Å². The Morgan fingerprint density at radius 1 is 1.25 bits per heavy atom. The third-order valence-electron chi connectivity index (χ3n) is 3.35. The minimum Gasteiger partial charge on any atom is -0.444 e. The summed E-state index contributed by atoms with van der Waals surface area (Å²) in [6.45, 7) is 7.33. The first-order chi connectivity index (χ1) is 11.3. The van der Waals surface area contributed by atoms with Crippen molar-refractivity contribution in [1.29, 1.82) is 10.5 Å². The Morgan fingerprint density at radius 3 is 2.29 bits per heavy atom. The van der Waals surface area contributed by atoms with E-state index in [4.69, 9.17) is 15.3 Å². The van der Waals surface area contributed by atoms with Gasteiger partial charge in [0.1, 0.15) is 23.3 Å². The molecule has 0 unspecified atom stereocenters. The number of nitriles is 2. The van der Waals surface area contributed by atoms with Crippen LogP contribution in [0.3, 0.4) is 0 Å². The quantitative estimate of drug-likeness (QED) is 0.820. The Kier molecular flexibility index (Phi) is 7.01. The number of hydrogen-bond donors (Lipinski definition) is 1. The molecular formula is C19H23N3O2. The molecule has 1 amide bonds. The second kappa shape index (κ2) is 8.74. The van der Waals surface area contributed by atoms with Crippen molar-refractivity contribution >= 4 is 6.09 Å². The monoisotopic (exact) mass is 325 g/mol. The highest BCUT2D eigenvalue weighted by molar-refractivity contribution is 5.68. The second-order valence-corrected chi connectivity index (χ2v) is 6.41. The van der Waals surface area contributed by atoms with Gasteiger partial charge in [-0.25, -0.2) is 4.79 Å². The summed E-state index contributed by atoms with van der Waals surface area (Å²) in [7, 11) is 0. The molecule has 0 fully saturated rings. The third kappa shape index (κ3) is 6.14. The van der Waals surface area contributed by atoms with E-state index in [0.717, 1.165) is 5.56 Å². The van der Waals surface area contributed by atoms with Crippen molar-refractivity contribution < 1.29 is 9.53 Å². The largest absolute Gasteiger partial charge is 0.444 e. The van der Waals surface area contributed by atoms with Crippen molar-refractivity contribution in [3.63, 3.8) is 0 Å². The van der Waals surface area contributed by atoms with Crippen molar-refractivity contribution in [2.45, 2.75) is 45.8 Å². The minimum atomic E-state index is -0.604. The average Bonchev–Trinajstić information content (AvgIpc) is 2.53. The number of benzene rings is 1. The Bertz CT molecular complexity index is 645. The lowest BCUT2D eigenvalue weighted by Crippen LogP contribution is -2.37. The summed E-state index contributed by atoms with van der Waals surface area (Å²) in [6.07, 6.45) is 1.73. The maximum absolute atomic E-state index is 12.2. The van der Waals surface area contributed by atoms with Crippen LogP contribution in [0.5, 0.6) is 0 Å². The van der Waals surface area contributed by atoms with Crippen LogP contribution < -0.4 is 5.32 Å². The first-order valence-corrected chi connectivity index (χ1v) is 7.87. The van der Waals surface area contributed by atoms with Crippen LogP contribution in [-0.4, -0.2) is 11.7 Å². The summed E-state index contributed by atoms with van der Waals surface area (Å²) >= 11 is 0. The summed E-state index contributed by atoms with van der Waals surface area (Å²) in [5.41, 5.74) is 0.323. The lowest BCUT2D eigenvalue weighted by Gasteiger charge is -2.27. The molecule has 1 aromatic carbocycles. The van der Waals surface area contributed by atoms with Gasteiger partial charge in [-0.2, -0.15) is 10.5 Å². The van der Waals surface area contributed by atoms with Gasteiger partial charge in [0.2, 0.25) is 0 Å². The van der Waals surface area contributed by atoms with E-state index in [-0.39, 0.29) is 17.5 Å². The van der Waals surface area contributed by atoms with Crippen LogP contribution in [0, 0.1) is 28.6 Å². The number of amides is 1. The maximum Gasteiger partial charge on any atom is 0.408 e. The van der Waals surface area contributed by atoms with E-state index in [0.29, 0.717) is 6.42 Å². The Labute approximate surface area is 143 Å². The molecule has 126 valence electrons. The van der Waals surface area contributed by atoms with Gasteiger partial charge in [0, 0.05) is 5.92 Å². The fraction of sp³-hybridized carbons (Fsp3) is 0.421. The normalized spacial score (nSPS) is 12.9. The predicted molar refractivity (Wildman–Crippen MR) is 91.6 cm³/mol. The fourth-order valence-corrected chi connectivity index (χ4v) is 2.30. The molecule has 0 aromatic heterocycles. The molecular weight excluding hydrogens is 302 g/mol. The van der Waals surface area contributed by atoms with E-state index in [9.17, 15) is 4.79 Å². The molecule has 5 nitrogen and oxygen atoms in total. The van der Waals surface area contributed by atoms with E-state index in [1.807, 2.05) is 49.4 Å². The van der Waals surface area contributed by atoms with Crippen LogP contribution in [0.2, 0.25) is 0 Å². The molecule has 0 radical (unpaired) electrons. The molecule has 0 saturated heterocycles. The molecule has 0 aliphatic rings. The Balaban J connectivity index is 3.15. The number of nitrogens with zero attached hydrogens (tertiary/aromatic N) is 2. The molecule has 0 spiro atoms. The number of hydrogen-bond acceptors (Lipinski definition) is 4. The van der Waals surface area contributed by atoms with E-state index in [1.165, 1.54) is 0 Å². The molecule has 0 saturated carbocycles. The van der Waals surface area contributed by atoms with Gasteiger partial charge in [-0.05, 0) is 32.8 Å². The molecule has 0 bridgehead atoms. The minimum absolute atomic E-state index is 0.0359. The summed E-state index contributed by atoms with van der Waals surface area (Å²) in [5.74, 6) is -0.200. The van der Waals surface area contributed by atoms with Crippen LogP contribution in [0.15, 0.2) is 42.0 Å². The van der Waals surface area contributed by atoms with Crippen LogP contribution in [-0.2, 0) is 4.74 Å². The summed E-state index contributed by atoms with van der Waals surface area (Å²) in [5, 5.41) is 20.9. The smallest absolute Gasteiger partial charge is 0.408 e. The van der Waals surface area contributed by atoms with E-state index in [2.05, 4.69) is 5.32 Å². The molecule has 1 rings (SSSR count). The number of ether oxygens (including phenoxy) is 1. The SMILES string of the molecule is CC[C@@H](C=C(C#N)C#N)[C@@H](NC(=O)OC(C)(C)C)c1ccccc1. The van der Waals surface area contributed by atoms with Gasteiger partial charge in [0.15, 0.2) is 0 Å². The molecule has 5 heteroatoms. The van der Waals surface area contributed by atoms with Gasteiger partial charge in [-0.3, -0.25) is 0 Å². The van der Waals surface area contributed by atoms with Gasteiger partial charge in [0.25, 0.3) is 0 Å². The number of alkyl carbamates (subject to hydrolysis) is 1. The molecule has 24 heavy (non-hydrogen) atoms. The molecule has 0 aliphatic heterocycles. The van der Waals surface area contributed by atoms with Crippen molar-refractivity contribution in [2.24, 2.45) is 5.92 Å². The van der Waals surface area contributed by atoms with E-state index >= 15 is 0 Å². The van der Waals surface area contributed by atoms with E-state index < -0.39 is 11.7 Å². The molecule has 0 aliphatic carbocycles. The molecule has 1 aromatic rings. The Morgan fingerprint density at radius 2 is 1.83 bits per heavy atom. The molecule has 1 N–H and O–H groups in total. The maximum atomic E-state index is 12.2. The number of carbonyl (C=O) groups excluding carboxylic acids is 1. The lowest BCUT2D eigenvalue weighted by atomic mass is 9.89. The lowest BCUT2D eigenvalue weighted by molar-refractivity contribution is 0.0490. The first kappa shape index (κ1) is 19.3. The third-order valence-corrected chi connectivity index (χ3v) is 3.35. The van der Waals surface area contributed by atoms with Gasteiger partial charge >= 0.3 is 6.09 Å². The average molecular weight is 325 g/mol. The van der Waals surface area contributed by atoms with Crippen molar-refractivity contribution in [3.05, 3.63) is 47.5 Å². The second-order valence-electron chi connectivity index (χ2n) is 6.41. The zero-order valence-corrected chi connectivity index (χ0v) is 14.5. The van der Waals surface area contributed by atoms with Crippen LogP contribution in [0.1, 0.15) is 45.7 Å². The fourth-order valence-electron chi connectivity index (χ4n) is 2.30. The molecule has 0 heterocycles. The van der Waals surface area contributed by atoms with E-state index in [1.54, 1.807) is 26.8 Å². The highest BCUT2D eigenvalue weighted by atomic mass is 16.6. The van der Waals surface area contributed by atoms with Crippen LogP contribution in [0.4, 0.5) is 4.79 Å². The van der Waals surface area contributed by atoms with Gasteiger partial charge in [-0.1, -0.05) is 43.3 Å². The van der Waals surface area contributed by atoms with Gasteiger partial charge in [0.05, 0.1) is 6.04 Å². The zero-order chi connectivity index (χ0) is 18.2. The van der Waals surface area contributed by atoms with Crippen LogP contribution in [0.25, 0.3) is 0 Å². The highest BCUT2D eigenvalue weighted by Gasteiger charge is 2.25.